The maximum Gasteiger partial charge on any atom is 3.00 e. The zero-order chi connectivity index (χ0) is 35.0. The summed E-state index contributed by atoms with van der Waals surface area (Å²) < 4.78 is 159. The molecule has 0 saturated carbocycles. The summed E-state index contributed by atoms with van der Waals surface area (Å²) in [5, 5.41) is 0. The van der Waals surface area contributed by atoms with Crippen molar-refractivity contribution in [3.63, 3.8) is 0 Å². The minimum atomic E-state index is -4.94. The van der Waals surface area contributed by atoms with Gasteiger partial charge in [-0.15, -0.1) is 30.7 Å². The molecule has 0 fully saturated rings. The van der Waals surface area contributed by atoms with Crippen molar-refractivity contribution in [3.8, 4) is 0 Å². The van der Waals surface area contributed by atoms with Crippen molar-refractivity contribution in [2.24, 2.45) is 0 Å². The van der Waals surface area contributed by atoms with E-state index in [1.165, 1.54) is 0 Å². The van der Waals surface area contributed by atoms with E-state index in [-0.39, 0.29) is 17.1 Å². The summed E-state index contributed by atoms with van der Waals surface area (Å²) in [7, 11) is -18.5. The van der Waals surface area contributed by atoms with Crippen LogP contribution in [0.25, 0.3) is 0 Å². The molecular formula is C12H36Cl3FeO18S6. The van der Waals surface area contributed by atoms with E-state index in [0.717, 1.165) is 0 Å². The first kappa shape index (κ1) is 68.8. The van der Waals surface area contributed by atoms with Crippen molar-refractivity contribution in [3.05, 3.63) is 0 Å². The van der Waals surface area contributed by atoms with Crippen LogP contribution in [0.5, 0.6) is 0 Å². The summed E-state index contributed by atoms with van der Waals surface area (Å²) in [6, 6.07) is 0. The summed E-state index contributed by atoms with van der Waals surface area (Å²) in [5.74, 6) is 0. The quantitative estimate of drug-likeness (QED) is 0.205. The third kappa shape index (κ3) is 18300. The number of hydrogen-bond donors (Lipinski definition) is 0. The fourth-order valence-electron chi connectivity index (χ4n) is 0. The van der Waals surface area contributed by atoms with E-state index in [0.29, 0.717) is 0 Å². The molecule has 0 bridgehead atoms. The molecule has 28 heteroatoms. The minimum Gasteiger partial charge on any atom is -0.260 e. The maximum atomic E-state index is 9.56. The molecule has 0 unspecified atom stereocenters. The monoisotopic (exact) mass is 821 g/mol. The maximum absolute atomic E-state index is 9.56. The molecule has 0 aliphatic heterocycles. The fourth-order valence-corrected chi connectivity index (χ4v) is 0. The Morgan fingerprint density at radius 3 is 0.275 bits per heavy atom. The van der Waals surface area contributed by atoms with E-state index in [1.54, 1.807) is 75.1 Å². The van der Waals surface area contributed by atoms with Crippen LogP contribution in [0.1, 0.15) is 0 Å². The zero-order valence-corrected chi connectivity index (χ0v) is 31.6. The van der Waals surface area contributed by atoms with Crippen LogP contribution in [0.4, 0.5) is 0 Å². The van der Waals surface area contributed by atoms with Crippen LogP contribution in [-0.4, -0.2) is 100 Å². The van der Waals surface area contributed by atoms with Gasteiger partial charge in [-0.05, 0) is 0 Å². The van der Waals surface area contributed by atoms with Crippen LogP contribution >= 0.6 is 0 Å². The van der Waals surface area contributed by atoms with Crippen molar-refractivity contribution in [1.82, 2.24) is 0 Å². The van der Waals surface area contributed by atoms with Crippen LogP contribution in [0.2, 0.25) is 0 Å². The largest absolute Gasteiger partial charge is 3.00 e. The first-order valence-corrected chi connectivity index (χ1v) is 23.3. The number of halogens is 3. The van der Waals surface area contributed by atoms with Crippen molar-refractivity contribution in [1.29, 1.82) is 0 Å². The van der Waals surface area contributed by atoms with Crippen LogP contribution in [-0.2, 0) is 81.9 Å². The predicted octanol–water partition coefficient (Wildman–Crippen LogP) is -14.3. The SMILES string of the molecule is CS(C)=O.CS(C)=O.CS(C)=O.CS(C)=O.CS(C)=O.CS(C)=O.[Fe+3].[O-][Cl+3]([O-])([O-])[O-].[O-][Cl+3]([O-])([O-])[O-].[O-][Cl+3]([O-])([O-])[O-]. The first-order valence-electron chi connectivity index (χ1n) is 7.75. The topological polar surface area (TPSA) is 379 Å². The van der Waals surface area contributed by atoms with E-state index >= 15 is 0 Å². The Balaban J connectivity index is -0.0000000316. The van der Waals surface area contributed by atoms with Gasteiger partial charge in [0.2, 0.25) is 0 Å². The van der Waals surface area contributed by atoms with Gasteiger partial charge in [-0.1, -0.05) is 0 Å². The molecule has 257 valence electrons. The van der Waals surface area contributed by atoms with Crippen molar-refractivity contribution >= 4 is 64.8 Å². The van der Waals surface area contributed by atoms with E-state index in [1.807, 2.05) is 0 Å². The van der Waals surface area contributed by atoms with Crippen LogP contribution in [0, 0.1) is 30.7 Å². The van der Waals surface area contributed by atoms with Gasteiger partial charge in [0.25, 0.3) is 0 Å². The van der Waals surface area contributed by atoms with Gasteiger partial charge in [0.1, 0.15) is 0 Å². The second kappa shape index (κ2) is 45.2. The average Bonchev–Trinajstić information content (AvgIpc) is 2.35. The molecule has 0 aromatic rings. The molecule has 0 amide bonds. The van der Waals surface area contributed by atoms with Gasteiger partial charge >= 0.3 is 17.1 Å². The molecule has 0 aliphatic carbocycles. The van der Waals surface area contributed by atoms with Gasteiger partial charge in [-0.2, -0.15) is 0 Å². The summed E-state index contributed by atoms with van der Waals surface area (Å²) in [5.41, 5.74) is 0. The van der Waals surface area contributed by atoms with Crippen molar-refractivity contribution in [2.45, 2.75) is 0 Å². The summed E-state index contributed by atoms with van der Waals surface area (Å²) in [4.78, 5) is 0. The van der Waals surface area contributed by atoms with Gasteiger partial charge in [0.15, 0.2) is 0 Å². The zero-order valence-electron chi connectivity index (χ0n) is 23.3. The molecule has 0 aromatic carbocycles. The second-order valence-corrected chi connectivity index (χ2v) is 16.8. The van der Waals surface area contributed by atoms with E-state index in [4.69, 9.17) is 55.9 Å². The normalized spacial score (nSPS) is 9.75. The molecule has 1 radical (unpaired) electrons. The van der Waals surface area contributed by atoms with E-state index in [9.17, 15) is 25.3 Å². The number of rotatable bonds is 0. The molecule has 0 rings (SSSR count). The van der Waals surface area contributed by atoms with E-state index < -0.39 is 95.5 Å². The smallest absolute Gasteiger partial charge is 0.260 e. The summed E-state index contributed by atoms with van der Waals surface area (Å²) >= 11 is 0. The molecule has 0 aromatic heterocycles. The third-order valence-electron chi connectivity index (χ3n) is 0. The Morgan fingerprint density at radius 1 is 0.275 bits per heavy atom. The van der Waals surface area contributed by atoms with Gasteiger partial charge in [0.05, 0.1) is 0 Å². The van der Waals surface area contributed by atoms with Crippen molar-refractivity contribution in [2.75, 3.05) is 75.1 Å². The molecule has 0 saturated heterocycles. The molecule has 0 atom stereocenters. The van der Waals surface area contributed by atoms with Crippen LogP contribution < -0.4 is 55.9 Å². The molecule has 40 heavy (non-hydrogen) atoms. The Bertz CT molecular complexity index is 480. The Kier molecular flexibility index (Phi) is 77.8. The van der Waals surface area contributed by atoms with Crippen LogP contribution in [0.3, 0.4) is 0 Å². The van der Waals surface area contributed by atoms with Gasteiger partial charge in [-0.25, -0.2) is 55.9 Å². The summed E-state index contributed by atoms with van der Waals surface area (Å²) in [6.07, 6.45) is 19.7. The molecule has 0 heterocycles. The van der Waals surface area contributed by atoms with Crippen molar-refractivity contribution < 1.29 is 129 Å². The Labute approximate surface area is 267 Å². The minimum absolute atomic E-state index is 0. The third-order valence-corrected chi connectivity index (χ3v) is 0. The number of hydrogen-bond acceptors (Lipinski definition) is 18. The molecule has 0 spiro atoms. The van der Waals surface area contributed by atoms with Crippen LogP contribution in [0.15, 0.2) is 0 Å². The average molecular weight is 823 g/mol. The molecule has 18 nitrogen and oxygen atoms in total. The van der Waals surface area contributed by atoms with Gasteiger partial charge in [0, 0.05) is 140 Å². The summed E-state index contributed by atoms with van der Waals surface area (Å²) in [6.45, 7) is 0. The first-order chi connectivity index (χ1) is 16.4. The second-order valence-electron chi connectivity index (χ2n) is 5.58. The predicted molar refractivity (Wildman–Crippen MR) is 120 cm³/mol. The Morgan fingerprint density at radius 2 is 0.275 bits per heavy atom. The standard InChI is InChI=1S/6C2H6OS.3ClHO4.Fe/c6*1-4(2)3;3*2-1(3,4)5;/h6*1-2H3;3*(H,2,3,4,5);/q;;;;;;;;;+3/p-3. The van der Waals surface area contributed by atoms with Gasteiger partial charge < -0.3 is 0 Å². The van der Waals surface area contributed by atoms with Gasteiger partial charge in [-0.3, -0.25) is 25.3 Å². The Hall–Kier alpha value is 1.81. The molecule has 0 N–H and O–H groups in total. The molecule has 0 aliphatic rings. The van der Waals surface area contributed by atoms with E-state index in [2.05, 4.69) is 0 Å². The molecular weight excluding hydrogens is 787 g/mol. The fraction of sp³-hybridized carbons (Fsp3) is 1.00.